The summed E-state index contributed by atoms with van der Waals surface area (Å²) in [6.45, 7) is 1.75. The molecule has 0 fully saturated rings. The predicted octanol–water partition coefficient (Wildman–Crippen LogP) is 5.64. The van der Waals surface area contributed by atoms with Gasteiger partial charge in [0.2, 0.25) is 5.72 Å². The molecule has 4 rings (SSSR count). The van der Waals surface area contributed by atoms with Crippen molar-refractivity contribution in [3.8, 4) is 5.75 Å². The van der Waals surface area contributed by atoms with Crippen molar-refractivity contribution in [1.29, 1.82) is 0 Å². The number of halogens is 3. The van der Waals surface area contributed by atoms with Crippen molar-refractivity contribution in [3.05, 3.63) is 101 Å². The number of benzene rings is 3. The molecule has 4 nitrogen and oxygen atoms in total. The first-order chi connectivity index (χ1) is 14.8. The molecular formula is C24H18F3NO3. The lowest BCUT2D eigenvalue weighted by Crippen LogP contribution is -2.53. The van der Waals surface area contributed by atoms with Gasteiger partial charge in [0.1, 0.15) is 5.75 Å². The van der Waals surface area contributed by atoms with Gasteiger partial charge in [-0.2, -0.15) is 13.2 Å². The van der Waals surface area contributed by atoms with Gasteiger partial charge in [-0.1, -0.05) is 49.4 Å². The third-order valence-corrected chi connectivity index (χ3v) is 5.33. The summed E-state index contributed by atoms with van der Waals surface area (Å²) in [4.78, 5) is 27.5. The van der Waals surface area contributed by atoms with Gasteiger partial charge in [0, 0.05) is 12.0 Å². The zero-order valence-corrected chi connectivity index (χ0v) is 16.5. The van der Waals surface area contributed by atoms with Crippen LogP contribution < -0.4 is 4.74 Å². The fourth-order valence-electron chi connectivity index (χ4n) is 3.79. The number of nitrogens with zero attached hydrogens (tertiary/aromatic N) is 1. The van der Waals surface area contributed by atoms with Crippen molar-refractivity contribution in [2.24, 2.45) is 0 Å². The molecule has 1 aliphatic rings. The van der Waals surface area contributed by atoms with Crippen molar-refractivity contribution in [2.75, 3.05) is 0 Å². The van der Waals surface area contributed by atoms with E-state index >= 15 is 0 Å². The number of amides is 2. The summed E-state index contributed by atoms with van der Waals surface area (Å²) in [6.07, 6.45) is -4.30. The molecule has 2 amide bonds. The third kappa shape index (κ3) is 3.46. The molecule has 0 spiro atoms. The summed E-state index contributed by atoms with van der Waals surface area (Å²) in [5, 5.41) is 0. The Balaban J connectivity index is 1.82. The molecule has 0 saturated carbocycles. The molecule has 0 bridgehead atoms. The van der Waals surface area contributed by atoms with Gasteiger partial charge in [-0.3, -0.25) is 9.59 Å². The smallest absolute Gasteiger partial charge is 0.416 e. The summed E-state index contributed by atoms with van der Waals surface area (Å²) in [7, 11) is 0. The van der Waals surface area contributed by atoms with E-state index in [2.05, 4.69) is 0 Å². The fourth-order valence-corrected chi connectivity index (χ4v) is 3.79. The van der Waals surface area contributed by atoms with Gasteiger partial charge in [0.15, 0.2) is 0 Å². The van der Waals surface area contributed by atoms with E-state index in [0.29, 0.717) is 5.56 Å². The molecule has 0 N–H and O–H groups in total. The largest absolute Gasteiger partial charge is 0.463 e. The van der Waals surface area contributed by atoms with Crippen molar-refractivity contribution < 1.29 is 27.5 Å². The molecule has 1 heterocycles. The molecule has 0 aromatic heterocycles. The highest BCUT2D eigenvalue weighted by Crippen LogP contribution is 2.41. The van der Waals surface area contributed by atoms with Crippen LogP contribution in [0.2, 0.25) is 0 Å². The van der Waals surface area contributed by atoms with E-state index in [0.717, 1.165) is 17.0 Å². The minimum absolute atomic E-state index is 0.107. The molecular weight excluding hydrogens is 407 g/mol. The molecule has 7 heteroatoms. The van der Waals surface area contributed by atoms with Crippen LogP contribution in [0.4, 0.5) is 13.2 Å². The van der Waals surface area contributed by atoms with E-state index in [-0.39, 0.29) is 23.3 Å². The predicted molar refractivity (Wildman–Crippen MR) is 107 cm³/mol. The van der Waals surface area contributed by atoms with Crippen LogP contribution in [0.3, 0.4) is 0 Å². The average Bonchev–Trinajstić information content (AvgIpc) is 3.03. The van der Waals surface area contributed by atoms with Gasteiger partial charge in [-0.05, 0) is 36.4 Å². The number of carbonyl (C=O) groups is 2. The third-order valence-electron chi connectivity index (χ3n) is 5.33. The summed E-state index contributed by atoms with van der Waals surface area (Å²) >= 11 is 0. The Hall–Kier alpha value is -3.61. The van der Waals surface area contributed by atoms with E-state index in [1.54, 1.807) is 61.5 Å². The first-order valence-corrected chi connectivity index (χ1v) is 9.67. The monoisotopic (exact) mass is 425 g/mol. The Labute approximate surface area is 176 Å². The normalized spacial score (nSPS) is 15.5. The fraction of sp³-hybridized carbons (Fsp3) is 0.167. The van der Waals surface area contributed by atoms with E-state index in [9.17, 15) is 22.8 Å². The Kier molecular flexibility index (Phi) is 5.05. The number of hydrogen-bond acceptors (Lipinski definition) is 3. The van der Waals surface area contributed by atoms with Gasteiger partial charge >= 0.3 is 6.18 Å². The summed E-state index contributed by atoms with van der Waals surface area (Å²) < 4.78 is 45.0. The quantitative estimate of drug-likeness (QED) is 0.497. The SMILES string of the molecule is CC[C@](Oc1ccc(C(F)(F)F)cc1)(c1ccccc1)N1C(=O)c2ccccc2C1=O. The molecule has 0 radical (unpaired) electrons. The van der Waals surface area contributed by atoms with E-state index in [4.69, 9.17) is 4.74 Å². The van der Waals surface area contributed by atoms with Crippen LogP contribution in [0.1, 0.15) is 45.2 Å². The average molecular weight is 425 g/mol. The standard InChI is InChI=1S/C24H18F3NO3/c1-2-23(16-8-4-3-5-9-16,31-18-14-12-17(13-15-18)24(25,26)27)28-21(29)19-10-6-7-11-20(19)22(28)30/h3-15H,2H2,1H3/t23-/m0/s1. The van der Waals surface area contributed by atoms with Crippen molar-refractivity contribution >= 4 is 11.8 Å². The number of imide groups is 1. The maximum Gasteiger partial charge on any atom is 0.416 e. The summed E-state index contributed by atoms with van der Waals surface area (Å²) in [5.74, 6) is -0.924. The van der Waals surface area contributed by atoms with Crippen molar-refractivity contribution in [3.63, 3.8) is 0 Å². The Bertz CT molecular complexity index is 1090. The van der Waals surface area contributed by atoms with Crippen LogP contribution in [0, 0.1) is 0 Å². The molecule has 3 aromatic carbocycles. The van der Waals surface area contributed by atoms with Gasteiger partial charge in [0.25, 0.3) is 11.8 Å². The molecule has 0 aliphatic carbocycles. The van der Waals surface area contributed by atoms with Gasteiger partial charge in [-0.25, -0.2) is 4.90 Å². The molecule has 1 atom stereocenters. The zero-order valence-electron chi connectivity index (χ0n) is 16.5. The maximum atomic E-state index is 13.2. The lowest BCUT2D eigenvalue weighted by Gasteiger charge is -2.40. The van der Waals surface area contributed by atoms with Crippen LogP contribution in [-0.4, -0.2) is 16.7 Å². The second-order valence-corrected chi connectivity index (χ2v) is 7.12. The van der Waals surface area contributed by atoms with Crippen LogP contribution in [0.5, 0.6) is 5.75 Å². The Morgan fingerprint density at radius 2 is 1.26 bits per heavy atom. The zero-order chi connectivity index (χ0) is 22.2. The first-order valence-electron chi connectivity index (χ1n) is 9.67. The molecule has 3 aromatic rings. The number of alkyl halides is 3. The number of rotatable bonds is 5. The Morgan fingerprint density at radius 1 is 0.742 bits per heavy atom. The number of carbonyl (C=O) groups excluding carboxylic acids is 2. The van der Waals surface area contributed by atoms with Crippen LogP contribution >= 0.6 is 0 Å². The van der Waals surface area contributed by atoms with E-state index in [1.807, 2.05) is 0 Å². The summed E-state index contributed by atoms with van der Waals surface area (Å²) in [5.41, 5.74) is -1.29. The second-order valence-electron chi connectivity index (χ2n) is 7.12. The lowest BCUT2D eigenvalue weighted by atomic mass is 9.97. The molecule has 31 heavy (non-hydrogen) atoms. The van der Waals surface area contributed by atoms with E-state index < -0.39 is 29.3 Å². The molecule has 0 saturated heterocycles. The first kappa shape index (κ1) is 20.7. The minimum atomic E-state index is -4.48. The Morgan fingerprint density at radius 3 is 1.74 bits per heavy atom. The van der Waals surface area contributed by atoms with Gasteiger partial charge in [-0.15, -0.1) is 0 Å². The van der Waals surface area contributed by atoms with Gasteiger partial charge < -0.3 is 4.74 Å². The lowest BCUT2D eigenvalue weighted by molar-refractivity contribution is -0.137. The van der Waals surface area contributed by atoms with Crippen LogP contribution in [0.25, 0.3) is 0 Å². The van der Waals surface area contributed by atoms with E-state index in [1.165, 1.54) is 12.1 Å². The molecule has 158 valence electrons. The van der Waals surface area contributed by atoms with Crippen molar-refractivity contribution in [1.82, 2.24) is 4.90 Å². The molecule has 0 unspecified atom stereocenters. The number of fused-ring (bicyclic) bond motifs is 1. The minimum Gasteiger partial charge on any atom is -0.463 e. The highest BCUT2D eigenvalue weighted by Gasteiger charge is 2.51. The van der Waals surface area contributed by atoms with Crippen molar-refractivity contribution in [2.45, 2.75) is 25.2 Å². The number of hydrogen-bond donors (Lipinski definition) is 0. The maximum absolute atomic E-state index is 13.2. The summed E-state index contributed by atoms with van der Waals surface area (Å²) in [6, 6.07) is 19.4. The number of ether oxygens (including phenoxy) is 1. The van der Waals surface area contributed by atoms with Crippen LogP contribution in [-0.2, 0) is 11.9 Å². The second kappa shape index (κ2) is 7.58. The highest BCUT2D eigenvalue weighted by molar-refractivity contribution is 6.21. The molecule has 1 aliphatic heterocycles. The highest BCUT2D eigenvalue weighted by atomic mass is 19.4. The topological polar surface area (TPSA) is 46.6 Å². The van der Waals surface area contributed by atoms with Gasteiger partial charge in [0.05, 0.1) is 16.7 Å². The van der Waals surface area contributed by atoms with Crippen LogP contribution in [0.15, 0.2) is 78.9 Å².